The van der Waals surface area contributed by atoms with Crippen molar-refractivity contribution >= 4 is 11.8 Å². The molecule has 0 fully saturated rings. The molecule has 0 N–H and O–H groups in total. The van der Waals surface area contributed by atoms with Crippen molar-refractivity contribution in [1.29, 1.82) is 0 Å². The van der Waals surface area contributed by atoms with E-state index in [0.29, 0.717) is 12.0 Å². The topological polar surface area (TPSA) is 43.4 Å². The summed E-state index contributed by atoms with van der Waals surface area (Å²) >= 11 is 0. The van der Waals surface area contributed by atoms with Gasteiger partial charge in [-0.3, -0.25) is 4.79 Å². The Morgan fingerprint density at radius 3 is 2.70 bits per heavy atom. The standard InChI is InChI=1S/C20H16O3/c21-18-16(19-14-5-1-2-6-15(14)20(22)23-19)10-12-9-8-11-4-3-7-13(11)17(12)18/h1-2,5-6,8-9,16,19H,3-4,7,10H2/t16-,19-/m0/s1. The van der Waals surface area contributed by atoms with Gasteiger partial charge < -0.3 is 4.74 Å². The van der Waals surface area contributed by atoms with Gasteiger partial charge in [0.2, 0.25) is 0 Å². The SMILES string of the molecule is O=C1O[C@H]([C@H]2Cc3ccc4c(c3C2=O)CCC4)c2ccccc21. The second kappa shape index (κ2) is 4.54. The molecule has 5 rings (SSSR count). The van der Waals surface area contributed by atoms with Crippen LogP contribution in [-0.4, -0.2) is 11.8 Å². The van der Waals surface area contributed by atoms with Crippen LogP contribution in [0.4, 0.5) is 0 Å². The van der Waals surface area contributed by atoms with Gasteiger partial charge in [0.25, 0.3) is 0 Å². The first-order chi connectivity index (χ1) is 11.2. The minimum Gasteiger partial charge on any atom is -0.453 e. The molecule has 0 spiro atoms. The van der Waals surface area contributed by atoms with Gasteiger partial charge in [-0.1, -0.05) is 30.3 Å². The van der Waals surface area contributed by atoms with Crippen LogP contribution in [0, 0.1) is 5.92 Å². The monoisotopic (exact) mass is 304 g/mol. The summed E-state index contributed by atoms with van der Waals surface area (Å²) in [4.78, 5) is 25.1. The Morgan fingerprint density at radius 2 is 1.78 bits per heavy atom. The number of benzene rings is 2. The van der Waals surface area contributed by atoms with Crippen LogP contribution >= 0.6 is 0 Å². The quantitative estimate of drug-likeness (QED) is 0.758. The van der Waals surface area contributed by atoms with Gasteiger partial charge in [-0.15, -0.1) is 0 Å². The molecule has 0 aromatic heterocycles. The molecule has 0 saturated heterocycles. The number of aryl methyl sites for hydroxylation is 1. The van der Waals surface area contributed by atoms with E-state index < -0.39 is 6.10 Å². The maximum atomic E-state index is 13.1. The van der Waals surface area contributed by atoms with E-state index in [1.807, 2.05) is 18.2 Å². The maximum Gasteiger partial charge on any atom is 0.339 e. The Bertz CT molecular complexity index is 865. The average molecular weight is 304 g/mol. The highest BCUT2D eigenvalue weighted by molar-refractivity contribution is 6.05. The molecule has 0 radical (unpaired) electrons. The second-order valence-electron chi connectivity index (χ2n) is 6.68. The summed E-state index contributed by atoms with van der Waals surface area (Å²) in [6, 6.07) is 11.7. The lowest BCUT2D eigenvalue weighted by Gasteiger charge is -2.17. The first kappa shape index (κ1) is 13.1. The van der Waals surface area contributed by atoms with Gasteiger partial charge in [0, 0.05) is 11.1 Å². The van der Waals surface area contributed by atoms with Crippen LogP contribution in [0.2, 0.25) is 0 Å². The maximum absolute atomic E-state index is 13.1. The van der Waals surface area contributed by atoms with E-state index in [0.717, 1.165) is 36.0 Å². The van der Waals surface area contributed by atoms with Crippen LogP contribution in [0.3, 0.4) is 0 Å². The predicted molar refractivity (Wildman–Crippen MR) is 84.6 cm³/mol. The Balaban J connectivity index is 1.58. The predicted octanol–water partition coefficient (Wildman–Crippen LogP) is 3.44. The summed E-state index contributed by atoms with van der Waals surface area (Å²) in [6.45, 7) is 0. The molecule has 0 saturated carbocycles. The van der Waals surface area contributed by atoms with E-state index in [1.165, 1.54) is 11.1 Å². The molecule has 0 unspecified atom stereocenters. The van der Waals surface area contributed by atoms with Crippen molar-refractivity contribution in [3.63, 3.8) is 0 Å². The van der Waals surface area contributed by atoms with Crippen molar-refractivity contribution in [2.75, 3.05) is 0 Å². The van der Waals surface area contributed by atoms with Gasteiger partial charge in [-0.2, -0.15) is 0 Å². The number of ether oxygens (including phenoxy) is 1. The number of Topliss-reactive ketones (excluding diaryl/α,β-unsaturated/α-hetero) is 1. The molecule has 3 aliphatic rings. The fourth-order valence-corrected chi connectivity index (χ4v) is 4.42. The number of carbonyl (C=O) groups excluding carboxylic acids is 2. The Kier molecular flexibility index (Phi) is 2.58. The third kappa shape index (κ3) is 1.70. The van der Waals surface area contributed by atoms with Crippen LogP contribution < -0.4 is 0 Å². The zero-order chi connectivity index (χ0) is 15.6. The molecule has 2 atom stereocenters. The molecule has 2 aliphatic carbocycles. The Morgan fingerprint density at radius 1 is 0.957 bits per heavy atom. The van der Waals surface area contributed by atoms with Crippen molar-refractivity contribution in [2.45, 2.75) is 31.8 Å². The van der Waals surface area contributed by atoms with E-state index in [4.69, 9.17) is 4.74 Å². The highest BCUT2D eigenvalue weighted by Crippen LogP contribution is 2.44. The van der Waals surface area contributed by atoms with Crippen LogP contribution in [-0.2, 0) is 24.0 Å². The second-order valence-corrected chi connectivity index (χ2v) is 6.68. The van der Waals surface area contributed by atoms with Crippen LogP contribution in [0.5, 0.6) is 0 Å². The fraction of sp³-hybridized carbons (Fsp3) is 0.300. The van der Waals surface area contributed by atoms with Crippen LogP contribution in [0.25, 0.3) is 0 Å². The number of carbonyl (C=O) groups is 2. The zero-order valence-corrected chi connectivity index (χ0v) is 12.7. The number of rotatable bonds is 1. The number of cyclic esters (lactones) is 1. The molecule has 1 aliphatic heterocycles. The van der Waals surface area contributed by atoms with Crippen molar-refractivity contribution in [2.24, 2.45) is 5.92 Å². The minimum absolute atomic E-state index is 0.160. The van der Waals surface area contributed by atoms with E-state index in [9.17, 15) is 9.59 Å². The molecular weight excluding hydrogens is 288 g/mol. The summed E-state index contributed by atoms with van der Waals surface area (Å²) < 4.78 is 5.58. The highest BCUT2D eigenvalue weighted by atomic mass is 16.5. The lowest BCUT2D eigenvalue weighted by Crippen LogP contribution is -2.19. The number of fused-ring (bicyclic) bond motifs is 4. The zero-order valence-electron chi connectivity index (χ0n) is 12.7. The lowest BCUT2D eigenvalue weighted by atomic mass is 9.91. The molecule has 1 heterocycles. The summed E-state index contributed by atoms with van der Waals surface area (Å²) in [5, 5.41) is 0. The molecule has 0 bridgehead atoms. The van der Waals surface area contributed by atoms with Crippen molar-refractivity contribution < 1.29 is 14.3 Å². The fourth-order valence-electron chi connectivity index (χ4n) is 4.42. The van der Waals surface area contributed by atoms with Gasteiger partial charge in [0.15, 0.2) is 5.78 Å². The van der Waals surface area contributed by atoms with E-state index in [-0.39, 0.29) is 17.7 Å². The molecule has 2 aromatic rings. The molecule has 23 heavy (non-hydrogen) atoms. The summed E-state index contributed by atoms with van der Waals surface area (Å²) in [6.07, 6.45) is 3.44. The van der Waals surface area contributed by atoms with Gasteiger partial charge >= 0.3 is 5.97 Å². The third-order valence-corrected chi connectivity index (χ3v) is 5.48. The van der Waals surface area contributed by atoms with Crippen molar-refractivity contribution in [3.05, 3.63) is 69.8 Å². The third-order valence-electron chi connectivity index (χ3n) is 5.48. The number of hydrogen-bond donors (Lipinski definition) is 0. The summed E-state index contributed by atoms with van der Waals surface area (Å²) in [5.74, 6) is -0.419. The molecule has 2 aromatic carbocycles. The van der Waals surface area contributed by atoms with Gasteiger partial charge in [-0.25, -0.2) is 4.79 Å². The summed E-state index contributed by atoms with van der Waals surface area (Å²) in [7, 11) is 0. The largest absolute Gasteiger partial charge is 0.453 e. The molecule has 3 nitrogen and oxygen atoms in total. The number of hydrogen-bond acceptors (Lipinski definition) is 3. The normalized spacial score (nSPS) is 24.3. The highest BCUT2D eigenvalue weighted by Gasteiger charge is 2.45. The Labute approximate surface area is 134 Å². The van der Waals surface area contributed by atoms with Gasteiger partial charge in [0.05, 0.1) is 11.5 Å². The van der Waals surface area contributed by atoms with Crippen molar-refractivity contribution in [1.82, 2.24) is 0 Å². The average Bonchev–Trinajstić information content (AvgIpc) is 3.24. The van der Waals surface area contributed by atoms with E-state index >= 15 is 0 Å². The first-order valence-electron chi connectivity index (χ1n) is 8.22. The molecule has 114 valence electrons. The number of esters is 1. The molecular formula is C20H16O3. The number of ketones is 1. The van der Waals surface area contributed by atoms with Crippen molar-refractivity contribution in [3.8, 4) is 0 Å². The molecule has 3 heteroatoms. The van der Waals surface area contributed by atoms with Crippen LogP contribution in [0.1, 0.15) is 55.5 Å². The van der Waals surface area contributed by atoms with Gasteiger partial charge in [-0.05, 0) is 48.4 Å². The smallest absolute Gasteiger partial charge is 0.339 e. The molecule has 0 amide bonds. The lowest BCUT2D eigenvalue weighted by molar-refractivity contribution is 0.0252. The van der Waals surface area contributed by atoms with E-state index in [2.05, 4.69) is 12.1 Å². The van der Waals surface area contributed by atoms with Gasteiger partial charge in [0.1, 0.15) is 6.10 Å². The Hall–Kier alpha value is -2.42. The van der Waals surface area contributed by atoms with Crippen LogP contribution in [0.15, 0.2) is 36.4 Å². The minimum atomic E-state index is -0.435. The summed E-state index contributed by atoms with van der Waals surface area (Å²) in [5.41, 5.74) is 6.08. The first-order valence-corrected chi connectivity index (χ1v) is 8.22. The van der Waals surface area contributed by atoms with E-state index in [1.54, 1.807) is 6.07 Å².